The van der Waals surface area contributed by atoms with Gasteiger partial charge in [-0.05, 0) is 44.7 Å². The lowest BCUT2D eigenvalue weighted by Gasteiger charge is -2.28. The Kier molecular flexibility index (Phi) is 6.26. The van der Waals surface area contributed by atoms with Crippen LogP contribution in [0.2, 0.25) is 0 Å². The molecule has 2 atom stereocenters. The molecule has 19 heavy (non-hydrogen) atoms. The molecule has 0 bridgehead atoms. The summed E-state index contributed by atoms with van der Waals surface area (Å²) in [4.78, 5) is 11.9. The summed E-state index contributed by atoms with van der Waals surface area (Å²) in [5.74, 6) is 0.910. The van der Waals surface area contributed by atoms with Crippen LogP contribution in [0.5, 0.6) is 0 Å². The zero-order chi connectivity index (χ0) is 14.5. The van der Waals surface area contributed by atoms with E-state index in [-0.39, 0.29) is 17.7 Å². The van der Waals surface area contributed by atoms with E-state index in [2.05, 4.69) is 17.6 Å². The number of sulfone groups is 1. The Morgan fingerprint density at radius 2 is 1.89 bits per heavy atom. The third-order valence-corrected chi connectivity index (χ3v) is 4.76. The van der Waals surface area contributed by atoms with Crippen molar-refractivity contribution in [2.75, 3.05) is 25.1 Å². The van der Waals surface area contributed by atoms with Crippen LogP contribution >= 0.6 is 0 Å². The van der Waals surface area contributed by atoms with Gasteiger partial charge in [0.05, 0.1) is 5.75 Å². The Hall–Kier alpha value is -0.620. The third-order valence-electron chi connectivity index (χ3n) is 3.66. The van der Waals surface area contributed by atoms with Gasteiger partial charge < -0.3 is 10.6 Å². The minimum absolute atomic E-state index is 0.000466. The Morgan fingerprint density at radius 1 is 1.32 bits per heavy atom. The second kappa shape index (κ2) is 7.24. The van der Waals surface area contributed by atoms with Gasteiger partial charge in [-0.2, -0.15) is 0 Å². The van der Waals surface area contributed by atoms with Crippen molar-refractivity contribution in [3.8, 4) is 0 Å². The number of nitrogens with one attached hydrogen (secondary N) is 2. The summed E-state index contributed by atoms with van der Waals surface area (Å²) in [6.45, 7) is 5.90. The molecule has 0 saturated carbocycles. The lowest BCUT2D eigenvalue weighted by molar-refractivity contribution is -0.122. The summed E-state index contributed by atoms with van der Waals surface area (Å²) in [6.07, 6.45) is 3.91. The van der Waals surface area contributed by atoms with Gasteiger partial charge in [0.15, 0.2) is 0 Å². The van der Waals surface area contributed by atoms with Gasteiger partial charge in [-0.15, -0.1) is 0 Å². The van der Waals surface area contributed by atoms with Gasteiger partial charge in [0.1, 0.15) is 9.84 Å². The van der Waals surface area contributed by atoms with E-state index in [1.54, 1.807) is 6.92 Å². The Morgan fingerprint density at radius 3 is 2.42 bits per heavy atom. The van der Waals surface area contributed by atoms with Crippen LogP contribution < -0.4 is 10.6 Å². The van der Waals surface area contributed by atoms with Gasteiger partial charge >= 0.3 is 0 Å². The van der Waals surface area contributed by atoms with Crippen molar-refractivity contribution in [2.45, 2.75) is 39.2 Å². The fraction of sp³-hybridized carbons (Fsp3) is 0.923. The molecule has 0 spiro atoms. The zero-order valence-corrected chi connectivity index (χ0v) is 12.9. The highest BCUT2D eigenvalue weighted by Crippen LogP contribution is 2.24. The molecule has 0 radical (unpaired) electrons. The summed E-state index contributed by atoms with van der Waals surface area (Å²) >= 11 is 0. The van der Waals surface area contributed by atoms with Crippen LogP contribution in [-0.2, 0) is 14.6 Å². The van der Waals surface area contributed by atoms with Gasteiger partial charge in [0, 0.05) is 18.7 Å². The minimum atomic E-state index is -3.04. The maximum Gasteiger partial charge on any atom is 0.220 e. The Labute approximate surface area is 116 Å². The second-order valence-electron chi connectivity index (χ2n) is 5.83. The smallest absolute Gasteiger partial charge is 0.220 e. The van der Waals surface area contributed by atoms with E-state index >= 15 is 0 Å². The lowest BCUT2D eigenvalue weighted by atomic mass is 9.84. The van der Waals surface area contributed by atoms with Crippen molar-refractivity contribution < 1.29 is 13.2 Å². The van der Waals surface area contributed by atoms with E-state index in [1.165, 1.54) is 6.26 Å². The van der Waals surface area contributed by atoms with E-state index in [9.17, 15) is 13.2 Å². The summed E-state index contributed by atoms with van der Waals surface area (Å²) < 4.78 is 22.3. The molecule has 1 aliphatic rings. The van der Waals surface area contributed by atoms with E-state index in [4.69, 9.17) is 0 Å². The molecule has 0 aromatic heterocycles. The van der Waals surface area contributed by atoms with Crippen LogP contribution in [0.1, 0.15) is 33.1 Å². The van der Waals surface area contributed by atoms with Crippen molar-refractivity contribution in [1.82, 2.24) is 10.6 Å². The van der Waals surface area contributed by atoms with Gasteiger partial charge in [0.2, 0.25) is 5.91 Å². The van der Waals surface area contributed by atoms with Crippen LogP contribution in [0.25, 0.3) is 0 Å². The molecule has 5 nitrogen and oxygen atoms in total. The number of amides is 1. The third kappa shape index (κ3) is 6.92. The molecule has 0 aliphatic carbocycles. The van der Waals surface area contributed by atoms with E-state index < -0.39 is 9.84 Å². The van der Waals surface area contributed by atoms with Crippen LogP contribution in [0.4, 0.5) is 0 Å². The predicted octanol–water partition coefficient (Wildman–Crippen LogP) is 0.562. The zero-order valence-electron chi connectivity index (χ0n) is 12.1. The van der Waals surface area contributed by atoms with Crippen LogP contribution in [0.15, 0.2) is 0 Å². The van der Waals surface area contributed by atoms with Crippen molar-refractivity contribution in [1.29, 1.82) is 0 Å². The summed E-state index contributed by atoms with van der Waals surface area (Å²) in [5, 5.41) is 6.09. The van der Waals surface area contributed by atoms with Gasteiger partial charge in [0.25, 0.3) is 0 Å². The number of hydrogen-bond donors (Lipinski definition) is 2. The summed E-state index contributed by atoms with van der Waals surface area (Å²) in [5.41, 5.74) is 0. The molecule has 112 valence electrons. The Balaban J connectivity index is 2.33. The molecule has 0 aromatic carbocycles. The van der Waals surface area contributed by atoms with Crippen molar-refractivity contribution in [3.63, 3.8) is 0 Å². The SMILES string of the molecule is CC(CS(C)(=O)=O)NC(=O)CC(C)C1CCNCC1. The standard InChI is InChI=1S/C13H26N2O3S/c1-10(12-4-6-14-7-5-12)8-13(16)15-11(2)9-19(3,17)18/h10-12,14H,4-9H2,1-3H3,(H,15,16). The fourth-order valence-corrected chi connectivity index (χ4v) is 3.69. The van der Waals surface area contributed by atoms with Crippen molar-refractivity contribution in [3.05, 3.63) is 0 Å². The van der Waals surface area contributed by atoms with Gasteiger partial charge in [-0.3, -0.25) is 4.79 Å². The molecule has 1 fully saturated rings. The van der Waals surface area contributed by atoms with Gasteiger partial charge in [-0.1, -0.05) is 6.92 Å². The fourth-order valence-electron chi connectivity index (χ4n) is 2.70. The molecule has 1 saturated heterocycles. The summed E-state index contributed by atoms with van der Waals surface area (Å²) in [7, 11) is -3.04. The van der Waals surface area contributed by atoms with Crippen LogP contribution in [-0.4, -0.2) is 45.5 Å². The maximum atomic E-state index is 11.9. The first kappa shape index (κ1) is 16.4. The first-order chi connectivity index (χ1) is 8.78. The van der Waals surface area contributed by atoms with Crippen LogP contribution in [0, 0.1) is 11.8 Å². The average Bonchev–Trinajstić information content (AvgIpc) is 2.27. The highest BCUT2D eigenvalue weighted by Gasteiger charge is 2.22. The number of hydrogen-bond acceptors (Lipinski definition) is 4. The molecule has 1 heterocycles. The van der Waals surface area contributed by atoms with Gasteiger partial charge in [-0.25, -0.2) is 8.42 Å². The quantitative estimate of drug-likeness (QED) is 0.749. The summed E-state index contributed by atoms with van der Waals surface area (Å²) in [6, 6.07) is -0.317. The van der Waals surface area contributed by atoms with Crippen molar-refractivity contribution >= 4 is 15.7 Å². The van der Waals surface area contributed by atoms with Crippen molar-refractivity contribution in [2.24, 2.45) is 11.8 Å². The first-order valence-corrected chi connectivity index (χ1v) is 9.02. The first-order valence-electron chi connectivity index (χ1n) is 6.95. The molecule has 0 aromatic rings. The molecule has 2 unspecified atom stereocenters. The predicted molar refractivity (Wildman–Crippen MR) is 76.7 cm³/mol. The normalized spacial score (nSPS) is 20.8. The van der Waals surface area contributed by atoms with Crippen LogP contribution in [0.3, 0.4) is 0 Å². The molecule has 1 rings (SSSR count). The van der Waals surface area contributed by atoms with E-state index in [1.807, 2.05) is 0 Å². The molecule has 1 aliphatic heterocycles. The van der Waals surface area contributed by atoms with E-state index in [0.717, 1.165) is 25.9 Å². The largest absolute Gasteiger partial charge is 0.353 e. The monoisotopic (exact) mass is 290 g/mol. The Bertz CT molecular complexity index is 389. The average molecular weight is 290 g/mol. The lowest BCUT2D eigenvalue weighted by Crippen LogP contribution is -2.39. The highest BCUT2D eigenvalue weighted by atomic mass is 32.2. The molecule has 2 N–H and O–H groups in total. The molecular weight excluding hydrogens is 264 g/mol. The highest BCUT2D eigenvalue weighted by molar-refractivity contribution is 7.90. The topological polar surface area (TPSA) is 75.3 Å². The number of rotatable bonds is 6. The number of carbonyl (C=O) groups is 1. The minimum Gasteiger partial charge on any atom is -0.353 e. The number of piperidine rings is 1. The second-order valence-corrected chi connectivity index (χ2v) is 8.01. The molecule has 6 heteroatoms. The maximum absolute atomic E-state index is 11.9. The molecular formula is C13H26N2O3S. The molecule has 1 amide bonds. The van der Waals surface area contributed by atoms with E-state index in [0.29, 0.717) is 18.3 Å². The number of carbonyl (C=O) groups excluding carboxylic acids is 1.